The van der Waals surface area contributed by atoms with Crippen LogP contribution in [0.2, 0.25) is 5.02 Å². The number of halogens is 1. The predicted molar refractivity (Wildman–Crippen MR) is 148 cm³/mol. The number of esters is 1. The lowest BCUT2D eigenvalue weighted by molar-refractivity contribution is -0.127. The van der Waals surface area contributed by atoms with Gasteiger partial charge >= 0.3 is 5.97 Å². The second-order valence-electron chi connectivity index (χ2n) is 8.40. The average Bonchev–Trinajstić information content (AvgIpc) is 3.17. The van der Waals surface area contributed by atoms with Crippen LogP contribution >= 0.6 is 23.4 Å². The number of carbonyl (C=O) groups excluding carboxylic acids is 4. The van der Waals surface area contributed by atoms with Gasteiger partial charge in [-0.15, -0.1) is 0 Å². The molecule has 0 saturated carbocycles. The molecule has 3 amide bonds. The number of imide groups is 1. The normalized spacial score (nSPS) is 14.3. The minimum Gasteiger partial charge on any atom is -0.496 e. The molecule has 3 aromatic rings. The van der Waals surface area contributed by atoms with Gasteiger partial charge in [0, 0.05) is 11.3 Å². The van der Waals surface area contributed by atoms with E-state index in [1.165, 1.54) is 25.3 Å². The molecule has 1 aliphatic heterocycles. The second kappa shape index (κ2) is 12.1. The highest BCUT2D eigenvalue weighted by Crippen LogP contribution is 2.36. The number of benzene rings is 3. The third kappa shape index (κ3) is 6.00. The standard InChI is InChI=1S/C28H25ClN2O6S/c1-3-4-13-37-27(34)21-14-18(10-11-22(21)29)30-25(32)16-31-26(33)24(38-28(31)35)15-20-19-8-6-5-7-17(19)9-12-23(20)36-2/h5-12,14-15H,3-4,13,16H2,1-2H3,(H,30,32)/b24-15+. The van der Waals surface area contributed by atoms with E-state index in [-0.39, 0.29) is 27.8 Å². The highest BCUT2D eigenvalue weighted by atomic mass is 35.5. The lowest BCUT2D eigenvalue weighted by Crippen LogP contribution is -2.36. The van der Waals surface area contributed by atoms with Gasteiger partial charge in [-0.25, -0.2) is 4.79 Å². The molecule has 1 aliphatic rings. The number of thioether (sulfide) groups is 1. The summed E-state index contributed by atoms with van der Waals surface area (Å²) in [4.78, 5) is 51.8. The van der Waals surface area contributed by atoms with Crippen LogP contribution in [0.1, 0.15) is 35.7 Å². The number of hydrogen-bond acceptors (Lipinski definition) is 7. The van der Waals surface area contributed by atoms with Crippen LogP contribution in [-0.4, -0.2) is 48.2 Å². The molecule has 0 aromatic heterocycles. The van der Waals surface area contributed by atoms with Gasteiger partial charge in [-0.1, -0.05) is 55.3 Å². The Morgan fingerprint density at radius 1 is 1.11 bits per heavy atom. The summed E-state index contributed by atoms with van der Waals surface area (Å²) in [7, 11) is 1.53. The number of carbonyl (C=O) groups is 4. The molecule has 0 atom stereocenters. The van der Waals surface area contributed by atoms with Crippen LogP contribution in [0.4, 0.5) is 10.5 Å². The Morgan fingerprint density at radius 2 is 1.89 bits per heavy atom. The van der Waals surface area contributed by atoms with Gasteiger partial charge in [0.2, 0.25) is 5.91 Å². The fraction of sp³-hybridized carbons (Fsp3) is 0.214. The van der Waals surface area contributed by atoms with Crippen molar-refractivity contribution in [2.24, 2.45) is 0 Å². The molecule has 0 bridgehead atoms. The molecule has 1 N–H and O–H groups in total. The summed E-state index contributed by atoms with van der Waals surface area (Å²) in [5.41, 5.74) is 1.06. The minimum absolute atomic E-state index is 0.110. The van der Waals surface area contributed by atoms with Crippen molar-refractivity contribution < 1.29 is 28.7 Å². The Kier molecular flexibility index (Phi) is 8.70. The Balaban J connectivity index is 1.49. The first-order chi connectivity index (χ1) is 18.3. The van der Waals surface area contributed by atoms with Gasteiger partial charge in [-0.3, -0.25) is 19.3 Å². The largest absolute Gasteiger partial charge is 0.496 e. The Labute approximate surface area is 228 Å². The number of ether oxygens (including phenoxy) is 2. The quantitative estimate of drug-likeness (QED) is 0.193. The second-order valence-corrected chi connectivity index (χ2v) is 9.80. The van der Waals surface area contributed by atoms with Crippen molar-refractivity contribution in [3.63, 3.8) is 0 Å². The molecule has 1 saturated heterocycles. The maximum atomic E-state index is 13.1. The molecule has 0 unspecified atom stereocenters. The van der Waals surface area contributed by atoms with Gasteiger partial charge in [0.15, 0.2) is 0 Å². The van der Waals surface area contributed by atoms with Gasteiger partial charge in [0.25, 0.3) is 11.1 Å². The topological polar surface area (TPSA) is 102 Å². The van der Waals surface area contributed by atoms with E-state index < -0.39 is 29.6 Å². The molecular weight excluding hydrogens is 528 g/mol. The minimum atomic E-state index is -0.607. The zero-order valence-electron chi connectivity index (χ0n) is 20.8. The molecule has 1 fully saturated rings. The molecule has 0 spiro atoms. The molecule has 10 heteroatoms. The lowest BCUT2D eigenvalue weighted by atomic mass is 10.0. The number of hydrogen-bond donors (Lipinski definition) is 1. The van der Waals surface area contributed by atoms with Crippen LogP contribution in [0.5, 0.6) is 5.75 Å². The van der Waals surface area contributed by atoms with E-state index in [9.17, 15) is 19.2 Å². The summed E-state index contributed by atoms with van der Waals surface area (Å²) < 4.78 is 10.7. The predicted octanol–water partition coefficient (Wildman–Crippen LogP) is 6.13. The Morgan fingerprint density at radius 3 is 2.66 bits per heavy atom. The summed E-state index contributed by atoms with van der Waals surface area (Å²) in [6.45, 7) is 1.75. The van der Waals surface area contributed by atoms with Gasteiger partial charge in [0.1, 0.15) is 12.3 Å². The maximum absolute atomic E-state index is 13.1. The Bertz CT molecular complexity index is 1450. The monoisotopic (exact) mass is 552 g/mol. The van der Waals surface area contributed by atoms with Gasteiger partial charge < -0.3 is 14.8 Å². The third-order valence-corrected chi connectivity index (χ3v) is 7.04. The van der Waals surface area contributed by atoms with E-state index in [0.717, 1.165) is 40.3 Å². The first-order valence-corrected chi connectivity index (χ1v) is 13.1. The molecule has 196 valence electrons. The molecular formula is C28H25ClN2O6S. The number of fused-ring (bicyclic) bond motifs is 1. The van der Waals surface area contributed by atoms with Gasteiger partial charge in [-0.2, -0.15) is 0 Å². The van der Waals surface area contributed by atoms with Crippen LogP contribution in [-0.2, 0) is 14.3 Å². The molecule has 1 heterocycles. The van der Waals surface area contributed by atoms with Gasteiger partial charge in [-0.05, 0) is 59.3 Å². The van der Waals surface area contributed by atoms with E-state index in [2.05, 4.69) is 5.32 Å². The first-order valence-electron chi connectivity index (χ1n) is 11.9. The summed E-state index contributed by atoms with van der Waals surface area (Å²) in [6, 6.07) is 15.7. The van der Waals surface area contributed by atoms with Crippen LogP contribution in [0.3, 0.4) is 0 Å². The van der Waals surface area contributed by atoms with Crippen LogP contribution in [0.15, 0.2) is 59.5 Å². The first kappa shape index (κ1) is 27.2. The number of nitrogens with one attached hydrogen (secondary N) is 1. The van der Waals surface area contributed by atoms with Crippen LogP contribution in [0.25, 0.3) is 16.8 Å². The number of amides is 3. The molecule has 38 heavy (non-hydrogen) atoms. The highest BCUT2D eigenvalue weighted by molar-refractivity contribution is 8.18. The van der Waals surface area contributed by atoms with E-state index in [4.69, 9.17) is 21.1 Å². The lowest BCUT2D eigenvalue weighted by Gasteiger charge is -2.13. The molecule has 0 aliphatic carbocycles. The highest BCUT2D eigenvalue weighted by Gasteiger charge is 2.36. The summed E-state index contributed by atoms with van der Waals surface area (Å²) in [6.07, 6.45) is 3.20. The zero-order chi connectivity index (χ0) is 27.2. The van der Waals surface area contributed by atoms with E-state index in [1.807, 2.05) is 37.3 Å². The van der Waals surface area contributed by atoms with Crippen molar-refractivity contribution >= 4 is 68.9 Å². The van der Waals surface area contributed by atoms with E-state index in [0.29, 0.717) is 11.3 Å². The molecule has 0 radical (unpaired) electrons. The van der Waals surface area contributed by atoms with Crippen molar-refractivity contribution in [1.29, 1.82) is 0 Å². The van der Waals surface area contributed by atoms with Crippen molar-refractivity contribution in [2.45, 2.75) is 19.8 Å². The fourth-order valence-electron chi connectivity index (χ4n) is 3.86. The number of anilines is 1. The van der Waals surface area contributed by atoms with Gasteiger partial charge in [0.05, 0.1) is 29.2 Å². The summed E-state index contributed by atoms with van der Waals surface area (Å²) in [5, 5.41) is 4.05. The van der Waals surface area contributed by atoms with Crippen molar-refractivity contribution in [3.8, 4) is 5.75 Å². The average molecular weight is 553 g/mol. The molecule has 8 nitrogen and oxygen atoms in total. The van der Waals surface area contributed by atoms with Crippen LogP contribution in [0, 0.1) is 0 Å². The molecule has 3 aromatic carbocycles. The number of unbranched alkanes of at least 4 members (excludes halogenated alkanes) is 1. The maximum Gasteiger partial charge on any atom is 0.339 e. The third-order valence-electron chi connectivity index (χ3n) is 5.80. The smallest absolute Gasteiger partial charge is 0.339 e. The summed E-state index contributed by atoms with van der Waals surface area (Å²) >= 11 is 6.88. The van der Waals surface area contributed by atoms with Crippen molar-refractivity contribution in [1.82, 2.24) is 4.90 Å². The molecule has 4 rings (SSSR count). The van der Waals surface area contributed by atoms with Crippen molar-refractivity contribution in [2.75, 3.05) is 25.6 Å². The van der Waals surface area contributed by atoms with E-state index in [1.54, 1.807) is 12.1 Å². The SMILES string of the molecule is CCCCOC(=O)c1cc(NC(=O)CN2C(=O)S/C(=C/c3c(OC)ccc4ccccc34)C2=O)ccc1Cl. The van der Waals surface area contributed by atoms with Crippen LogP contribution < -0.4 is 10.1 Å². The number of rotatable bonds is 9. The van der Waals surface area contributed by atoms with E-state index >= 15 is 0 Å². The number of methoxy groups -OCH3 is 1. The number of nitrogens with zero attached hydrogens (tertiary/aromatic N) is 1. The zero-order valence-corrected chi connectivity index (χ0v) is 22.4. The van der Waals surface area contributed by atoms with Crippen molar-refractivity contribution in [3.05, 3.63) is 75.7 Å². The summed E-state index contributed by atoms with van der Waals surface area (Å²) in [5.74, 6) is -1.23. The Hall–Kier alpha value is -3.82. The fourth-order valence-corrected chi connectivity index (χ4v) is 4.88.